The number of nitrogens with zero attached hydrogens (tertiary/aromatic N) is 2. The number of pyridine rings is 1. The number of nitrogens with one attached hydrogen (secondary N) is 1. The first-order valence-corrected chi connectivity index (χ1v) is 6.66. The van der Waals surface area contributed by atoms with Crippen LogP contribution in [-0.2, 0) is 6.54 Å². The molecule has 0 aliphatic carbocycles. The highest BCUT2D eigenvalue weighted by Crippen LogP contribution is 2.13. The first-order valence-electron chi connectivity index (χ1n) is 6.66. The van der Waals surface area contributed by atoms with Crippen LogP contribution in [0.2, 0.25) is 0 Å². The highest BCUT2D eigenvalue weighted by Gasteiger charge is 2.19. The Morgan fingerprint density at radius 1 is 1.47 bits per heavy atom. The van der Waals surface area contributed by atoms with Gasteiger partial charge >= 0.3 is 0 Å². The maximum absolute atomic E-state index is 4.50. The molecular weight excluding hydrogens is 210 g/mol. The lowest BCUT2D eigenvalue weighted by Gasteiger charge is -2.33. The molecular formula is C14H23N3. The first-order chi connectivity index (χ1) is 8.29. The fourth-order valence-corrected chi connectivity index (χ4v) is 2.44. The summed E-state index contributed by atoms with van der Waals surface area (Å²) in [7, 11) is 0. The van der Waals surface area contributed by atoms with Crippen molar-refractivity contribution < 1.29 is 0 Å². The highest BCUT2D eigenvalue weighted by atomic mass is 15.2. The van der Waals surface area contributed by atoms with E-state index in [0.29, 0.717) is 6.04 Å². The van der Waals surface area contributed by atoms with Gasteiger partial charge in [-0.05, 0) is 44.5 Å². The topological polar surface area (TPSA) is 28.2 Å². The van der Waals surface area contributed by atoms with Crippen molar-refractivity contribution in [3.63, 3.8) is 0 Å². The summed E-state index contributed by atoms with van der Waals surface area (Å²) in [6, 6.07) is 4.97. The van der Waals surface area contributed by atoms with Crippen molar-refractivity contribution in [1.82, 2.24) is 15.2 Å². The van der Waals surface area contributed by atoms with E-state index in [0.717, 1.165) is 19.6 Å². The van der Waals surface area contributed by atoms with Crippen LogP contribution in [-0.4, -0.2) is 35.6 Å². The van der Waals surface area contributed by atoms with E-state index in [1.165, 1.54) is 30.6 Å². The maximum atomic E-state index is 4.50. The second kappa shape index (κ2) is 6.12. The van der Waals surface area contributed by atoms with Gasteiger partial charge in [-0.1, -0.05) is 13.0 Å². The zero-order valence-electron chi connectivity index (χ0n) is 10.9. The molecule has 1 unspecified atom stereocenters. The third-order valence-electron chi connectivity index (χ3n) is 3.53. The normalized spacial score (nSPS) is 20.8. The van der Waals surface area contributed by atoms with E-state index in [9.17, 15) is 0 Å². The van der Waals surface area contributed by atoms with Crippen LogP contribution in [0.3, 0.4) is 0 Å². The number of aryl methyl sites for hydroxylation is 1. The van der Waals surface area contributed by atoms with Crippen molar-refractivity contribution in [1.29, 1.82) is 0 Å². The Balaban J connectivity index is 1.96. The van der Waals surface area contributed by atoms with E-state index in [1.54, 1.807) is 0 Å². The number of piperidine rings is 1. The van der Waals surface area contributed by atoms with Gasteiger partial charge in [0, 0.05) is 25.3 Å². The zero-order valence-corrected chi connectivity index (χ0v) is 10.9. The summed E-state index contributed by atoms with van der Waals surface area (Å²) >= 11 is 0. The van der Waals surface area contributed by atoms with Gasteiger partial charge in [0.05, 0.1) is 5.69 Å². The van der Waals surface area contributed by atoms with Gasteiger partial charge < -0.3 is 5.32 Å². The molecule has 1 aromatic rings. The second-order valence-electron chi connectivity index (χ2n) is 4.89. The molecule has 3 nitrogen and oxygen atoms in total. The molecule has 94 valence electrons. The predicted molar refractivity (Wildman–Crippen MR) is 70.9 cm³/mol. The molecule has 1 aromatic heterocycles. The molecule has 0 amide bonds. The van der Waals surface area contributed by atoms with Crippen LogP contribution in [0.1, 0.15) is 31.0 Å². The van der Waals surface area contributed by atoms with Gasteiger partial charge in [-0.2, -0.15) is 0 Å². The van der Waals surface area contributed by atoms with Gasteiger partial charge in [-0.25, -0.2) is 0 Å². The quantitative estimate of drug-likeness (QED) is 0.861. The molecule has 2 heterocycles. The predicted octanol–water partition coefficient (Wildman–Crippen LogP) is 1.96. The Morgan fingerprint density at radius 3 is 2.94 bits per heavy atom. The van der Waals surface area contributed by atoms with Crippen molar-refractivity contribution in [3.05, 3.63) is 29.6 Å². The molecule has 0 bridgehead atoms. The van der Waals surface area contributed by atoms with Gasteiger partial charge in [0.25, 0.3) is 0 Å². The Labute approximate surface area is 104 Å². The summed E-state index contributed by atoms with van der Waals surface area (Å²) in [6.07, 6.45) is 4.57. The molecule has 0 saturated carbocycles. The number of hydrogen-bond donors (Lipinski definition) is 1. The van der Waals surface area contributed by atoms with Crippen molar-refractivity contribution in [3.8, 4) is 0 Å². The summed E-state index contributed by atoms with van der Waals surface area (Å²) in [4.78, 5) is 7.03. The SMILES string of the molecule is CCN(Cc1ccc(C)cn1)C1CCCNC1. The number of aromatic nitrogens is 1. The molecule has 1 aliphatic heterocycles. The lowest BCUT2D eigenvalue weighted by atomic mass is 10.1. The van der Waals surface area contributed by atoms with E-state index in [-0.39, 0.29) is 0 Å². The molecule has 0 aromatic carbocycles. The van der Waals surface area contributed by atoms with Crippen molar-refractivity contribution >= 4 is 0 Å². The van der Waals surface area contributed by atoms with Crippen molar-refractivity contribution in [2.75, 3.05) is 19.6 Å². The average Bonchev–Trinajstić information content (AvgIpc) is 2.39. The number of likely N-dealkylation sites (N-methyl/N-ethyl adjacent to an activating group) is 1. The summed E-state index contributed by atoms with van der Waals surface area (Å²) in [5.74, 6) is 0. The van der Waals surface area contributed by atoms with Crippen LogP contribution in [0.5, 0.6) is 0 Å². The molecule has 0 radical (unpaired) electrons. The Bertz CT molecular complexity index is 328. The van der Waals surface area contributed by atoms with Crippen LogP contribution in [0, 0.1) is 6.92 Å². The number of hydrogen-bond acceptors (Lipinski definition) is 3. The van der Waals surface area contributed by atoms with E-state index >= 15 is 0 Å². The molecule has 2 rings (SSSR count). The standard InChI is InChI=1S/C14H23N3/c1-3-17(14-5-4-8-15-10-14)11-13-7-6-12(2)9-16-13/h6-7,9,14-15H,3-5,8,10-11H2,1-2H3. The Morgan fingerprint density at radius 2 is 2.35 bits per heavy atom. The van der Waals surface area contributed by atoms with Crippen LogP contribution in [0.4, 0.5) is 0 Å². The van der Waals surface area contributed by atoms with E-state index in [2.05, 4.69) is 41.2 Å². The van der Waals surface area contributed by atoms with Crippen LogP contribution < -0.4 is 5.32 Å². The van der Waals surface area contributed by atoms with E-state index < -0.39 is 0 Å². The summed E-state index contributed by atoms with van der Waals surface area (Å²) in [5, 5.41) is 3.48. The molecule has 1 aliphatic rings. The van der Waals surface area contributed by atoms with Crippen LogP contribution >= 0.6 is 0 Å². The van der Waals surface area contributed by atoms with E-state index in [4.69, 9.17) is 0 Å². The smallest absolute Gasteiger partial charge is 0.0544 e. The first kappa shape index (κ1) is 12.5. The maximum Gasteiger partial charge on any atom is 0.0544 e. The zero-order chi connectivity index (χ0) is 12.1. The lowest BCUT2D eigenvalue weighted by molar-refractivity contribution is 0.164. The third kappa shape index (κ3) is 3.51. The van der Waals surface area contributed by atoms with Gasteiger partial charge in [0.2, 0.25) is 0 Å². The Hall–Kier alpha value is -0.930. The molecule has 1 N–H and O–H groups in total. The molecule has 1 fully saturated rings. The molecule has 1 atom stereocenters. The largest absolute Gasteiger partial charge is 0.315 e. The van der Waals surface area contributed by atoms with Gasteiger partial charge in [0.1, 0.15) is 0 Å². The third-order valence-corrected chi connectivity index (χ3v) is 3.53. The minimum Gasteiger partial charge on any atom is -0.315 e. The highest BCUT2D eigenvalue weighted by molar-refractivity contribution is 5.12. The molecule has 3 heteroatoms. The Kier molecular flexibility index (Phi) is 4.51. The summed E-state index contributed by atoms with van der Waals surface area (Å²) in [6.45, 7) is 8.70. The lowest BCUT2D eigenvalue weighted by Crippen LogP contribution is -2.45. The summed E-state index contributed by atoms with van der Waals surface area (Å²) < 4.78 is 0. The minimum absolute atomic E-state index is 0.678. The van der Waals surface area contributed by atoms with Crippen LogP contribution in [0.25, 0.3) is 0 Å². The summed E-state index contributed by atoms with van der Waals surface area (Å²) in [5.41, 5.74) is 2.42. The van der Waals surface area contributed by atoms with Crippen LogP contribution in [0.15, 0.2) is 18.3 Å². The average molecular weight is 233 g/mol. The van der Waals surface area contributed by atoms with Gasteiger partial charge in [-0.3, -0.25) is 9.88 Å². The van der Waals surface area contributed by atoms with E-state index in [1.807, 2.05) is 6.20 Å². The molecule has 1 saturated heterocycles. The second-order valence-corrected chi connectivity index (χ2v) is 4.89. The minimum atomic E-state index is 0.678. The van der Waals surface area contributed by atoms with Gasteiger partial charge in [0.15, 0.2) is 0 Å². The monoisotopic (exact) mass is 233 g/mol. The van der Waals surface area contributed by atoms with Gasteiger partial charge in [-0.15, -0.1) is 0 Å². The molecule has 0 spiro atoms. The fraction of sp³-hybridized carbons (Fsp3) is 0.643. The molecule has 17 heavy (non-hydrogen) atoms. The number of rotatable bonds is 4. The van der Waals surface area contributed by atoms with Crippen molar-refractivity contribution in [2.45, 2.75) is 39.3 Å². The van der Waals surface area contributed by atoms with Crippen molar-refractivity contribution in [2.24, 2.45) is 0 Å². The fourth-order valence-electron chi connectivity index (χ4n) is 2.44.